The molecule has 1 rings (SSSR count). The van der Waals surface area contributed by atoms with Gasteiger partial charge in [0.1, 0.15) is 6.04 Å². The van der Waals surface area contributed by atoms with Crippen molar-refractivity contribution in [3.8, 4) is 0 Å². The summed E-state index contributed by atoms with van der Waals surface area (Å²) in [7, 11) is 0. The molecule has 1 heterocycles. The zero-order chi connectivity index (χ0) is 8.43. The summed E-state index contributed by atoms with van der Waals surface area (Å²) in [6.07, 6.45) is 1.66. The van der Waals surface area contributed by atoms with Crippen LogP contribution in [0, 0.1) is 6.92 Å². The molecule has 4 nitrogen and oxygen atoms in total. The predicted octanol–water partition coefficient (Wildman–Crippen LogP) is 0.837. The molecule has 0 aliphatic heterocycles. The molecule has 0 saturated heterocycles. The van der Waals surface area contributed by atoms with Crippen molar-refractivity contribution < 1.29 is 9.90 Å². The predicted molar refractivity (Wildman–Crippen MR) is 39.3 cm³/mol. The molecule has 0 fully saturated rings. The van der Waals surface area contributed by atoms with E-state index in [2.05, 4.69) is 5.10 Å². The maximum Gasteiger partial charge on any atom is 0.328 e. The molecular formula is C7H10N2O2. The van der Waals surface area contributed by atoms with Gasteiger partial charge in [-0.3, -0.25) is 4.68 Å². The van der Waals surface area contributed by atoms with Gasteiger partial charge in [-0.05, 0) is 19.9 Å². The summed E-state index contributed by atoms with van der Waals surface area (Å²) in [5, 5.41) is 12.6. The third-order valence-electron chi connectivity index (χ3n) is 1.50. The highest BCUT2D eigenvalue weighted by atomic mass is 16.4. The van der Waals surface area contributed by atoms with Gasteiger partial charge in [0.05, 0.1) is 5.69 Å². The topological polar surface area (TPSA) is 55.1 Å². The molecule has 0 unspecified atom stereocenters. The van der Waals surface area contributed by atoms with Crippen LogP contribution in [0.5, 0.6) is 0 Å². The van der Waals surface area contributed by atoms with E-state index in [0.29, 0.717) is 0 Å². The molecular weight excluding hydrogens is 144 g/mol. The van der Waals surface area contributed by atoms with Crippen molar-refractivity contribution >= 4 is 5.97 Å². The maximum absolute atomic E-state index is 10.4. The standard InChI is InChI=1S/C7H10N2O2/c1-5-3-4-9(8-5)6(2)7(10)11/h3-4,6H,1-2H3,(H,10,11)/t6-/m1/s1. The van der Waals surface area contributed by atoms with Crippen LogP contribution in [-0.2, 0) is 4.79 Å². The van der Waals surface area contributed by atoms with E-state index in [0.717, 1.165) is 5.69 Å². The monoisotopic (exact) mass is 154 g/mol. The van der Waals surface area contributed by atoms with E-state index in [1.807, 2.05) is 6.92 Å². The third kappa shape index (κ3) is 1.58. The minimum atomic E-state index is -0.867. The molecule has 0 saturated carbocycles. The number of nitrogens with zero attached hydrogens (tertiary/aromatic N) is 2. The van der Waals surface area contributed by atoms with Gasteiger partial charge in [0.25, 0.3) is 0 Å². The fourth-order valence-electron chi connectivity index (χ4n) is 0.762. The van der Waals surface area contributed by atoms with Crippen LogP contribution in [0.25, 0.3) is 0 Å². The lowest BCUT2D eigenvalue weighted by Gasteiger charge is -2.04. The lowest BCUT2D eigenvalue weighted by molar-refractivity contribution is -0.140. The Hall–Kier alpha value is -1.32. The Labute approximate surface area is 64.5 Å². The largest absolute Gasteiger partial charge is 0.480 e. The van der Waals surface area contributed by atoms with Crippen molar-refractivity contribution in [2.75, 3.05) is 0 Å². The summed E-state index contributed by atoms with van der Waals surface area (Å²) in [6, 6.07) is 1.20. The fourth-order valence-corrected chi connectivity index (χ4v) is 0.762. The first-order valence-corrected chi connectivity index (χ1v) is 3.36. The second kappa shape index (κ2) is 2.74. The molecule has 0 aliphatic rings. The van der Waals surface area contributed by atoms with Crippen molar-refractivity contribution in [3.05, 3.63) is 18.0 Å². The molecule has 0 aliphatic carbocycles. The number of hydrogen-bond donors (Lipinski definition) is 1. The molecule has 1 aromatic rings. The summed E-state index contributed by atoms with van der Waals surface area (Å²) in [6.45, 7) is 3.42. The van der Waals surface area contributed by atoms with Crippen LogP contribution < -0.4 is 0 Å². The van der Waals surface area contributed by atoms with Gasteiger partial charge in [-0.25, -0.2) is 4.79 Å². The minimum absolute atomic E-state index is 0.580. The Morgan fingerprint density at radius 1 is 1.82 bits per heavy atom. The molecule has 4 heteroatoms. The minimum Gasteiger partial charge on any atom is -0.480 e. The van der Waals surface area contributed by atoms with Gasteiger partial charge in [-0.1, -0.05) is 0 Å². The number of carboxylic acids is 1. The Morgan fingerprint density at radius 3 is 2.82 bits per heavy atom. The molecule has 0 amide bonds. The molecule has 0 aromatic carbocycles. The van der Waals surface area contributed by atoms with E-state index in [1.165, 1.54) is 4.68 Å². The van der Waals surface area contributed by atoms with Crippen LogP contribution in [0.3, 0.4) is 0 Å². The second-order valence-electron chi connectivity index (χ2n) is 2.45. The summed E-state index contributed by atoms with van der Waals surface area (Å²) < 4.78 is 1.43. The maximum atomic E-state index is 10.4. The smallest absolute Gasteiger partial charge is 0.328 e. The summed E-state index contributed by atoms with van der Waals surface area (Å²) >= 11 is 0. The highest BCUT2D eigenvalue weighted by Crippen LogP contribution is 2.04. The Morgan fingerprint density at radius 2 is 2.45 bits per heavy atom. The van der Waals surface area contributed by atoms with Crippen molar-refractivity contribution in [3.63, 3.8) is 0 Å². The van der Waals surface area contributed by atoms with Crippen LogP contribution in [0.2, 0.25) is 0 Å². The zero-order valence-corrected chi connectivity index (χ0v) is 6.48. The van der Waals surface area contributed by atoms with E-state index in [1.54, 1.807) is 19.2 Å². The first-order chi connectivity index (χ1) is 5.11. The first-order valence-electron chi connectivity index (χ1n) is 3.36. The van der Waals surface area contributed by atoms with Crippen LogP contribution >= 0.6 is 0 Å². The van der Waals surface area contributed by atoms with Crippen molar-refractivity contribution in [1.29, 1.82) is 0 Å². The fraction of sp³-hybridized carbons (Fsp3) is 0.429. The normalized spacial score (nSPS) is 12.9. The molecule has 0 radical (unpaired) electrons. The van der Waals surface area contributed by atoms with E-state index in [9.17, 15) is 4.79 Å². The third-order valence-corrected chi connectivity index (χ3v) is 1.50. The van der Waals surface area contributed by atoms with Gasteiger partial charge in [0, 0.05) is 6.20 Å². The van der Waals surface area contributed by atoms with Gasteiger partial charge in [-0.2, -0.15) is 5.10 Å². The number of hydrogen-bond acceptors (Lipinski definition) is 2. The average molecular weight is 154 g/mol. The van der Waals surface area contributed by atoms with Crippen molar-refractivity contribution in [2.24, 2.45) is 0 Å². The molecule has 0 bridgehead atoms. The highest BCUT2D eigenvalue weighted by molar-refractivity contribution is 5.71. The SMILES string of the molecule is Cc1ccn([C@H](C)C(=O)O)n1. The van der Waals surface area contributed by atoms with Gasteiger partial charge in [0.15, 0.2) is 0 Å². The molecule has 0 spiro atoms. The molecule has 1 aromatic heterocycles. The average Bonchev–Trinajstić information content (AvgIpc) is 2.34. The summed E-state index contributed by atoms with van der Waals surface area (Å²) in [5.41, 5.74) is 0.832. The summed E-state index contributed by atoms with van der Waals surface area (Å²) in [4.78, 5) is 10.4. The van der Waals surface area contributed by atoms with Crippen LogP contribution in [0.1, 0.15) is 18.7 Å². The van der Waals surface area contributed by atoms with Gasteiger partial charge in [-0.15, -0.1) is 0 Å². The lowest BCUT2D eigenvalue weighted by Crippen LogP contribution is -2.15. The number of rotatable bonds is 2. The quantitative estimate of drug-likeness (QED) is 0.686. The zero-order valence-electron chi connectivity index (χ0n) is 6.48. The van der Waals surface area contributed by atoms with E-state index < -0.39 is 12.0 Å². The van der Waals surface area contributed by atoms with Crippen molar-refractivity contribution in [2.45, 2.75) is 19.9 Å². The first kappa shape index (κ1) is 7.78. The number of aromatic nitrogens is 2. The Balaban J connectivity index is 2.84. The van der Waals surface area contributed by atoms with Crippen LogP contribution in [0.4, 0.5) is 0 Å². The summed E-state index contributed by atoms with van der Waals surface area (Å²) in [5.74, 6) is -0.867. The second-order valence-corrected chi connectivity index (χ2v) is 2.45. The molecule has 1 N–H and O–H groups in total. The van der Waals surface area contributed by atoms with E-state index in [4.69, 9.17) is 5.11 Å². The van der Waals surface area contributed by atoms with Crippen molar-refractivity contribution in [1.82, 2.24) is 9.78 Å². The Bertz CT molecular complexity index is 267. The highest BCUT2D eigenvalue weighted by Gasteiger charge is 2.12. The number of aliphatic carboxylic acids is 1. The Kier molecular flexibility index (Phi) is 1.94. The van der Waals surface area contributed by atoms with E-state index in [-0.39, 0.29) is 0 Å². The van der Waals surface area contributed by atoms with Gasteiger partial charge in [0.2, 0.25) is 0 Å². The molecule has 11 heavy (non-hydrogen) atoms. The van der Waals surface area contributed by atoms with Gasteiger partial charge < -0.3 is 5.11 Å². The number of aryl methyl sites for hydroxylation is 1. The lowest BCUT2D eigenvalue weighted by atomic mass is 10.4. The van der Waals surface area contributed by atoms with Crippen LogP contribution in [-0.4, -0.2) is 20.9 Å². The van der Waals surface area contributed by atoms with Gasteiger partial charge >= 0.3 is 5.97 Å². The molecule has 60 valence electrons. The van der Waals surface area contributed by atoms with Crippen LogP contribution in [0.15, 0.2) is 12.3 Å². The number of carbonyl (C=O) groups is 1. The molecule has 1 atom stereocenters. The van der Waals surface area contributed by atoms with E-state index >= 15 is 0 Å². The number of carboxylic acid groups (broad SMARTS) is 1.